The van der Waals surface area contributed by atoms with Crippen LogP contribution < -0.4 is 5.32 Å². The molecule has 1 aliphatic carbocycles. The fourth-order valence-corrected chi connectivity index (χ4v) is 3.33. The molecule has 0 radical (unpaired) electrons. The summed E-state index contributed by atoms with van der Waals surface area (Å²) in [5.41, 5.74) is 1.18. The molecule has 0 spiro atoms. The van der Waals surface area contributed by atoms with Crippen LogP contribution in [-0.2, 0) is 11.8 Å². The maximum atomic E-state index is 13.0. The summed E-state index contributed by atoms with van der Waals surface area (Å²) < 4.78 is 1.82. The van der Waals surface area contributed by atoms with Crippen molar-refractivity contribution in [2.24, 2.45) is 18.9 Å². The van der Waals surface area contributed by atoms with Gasteiger partial charge in [-0.1, -0.05) is 13.8 Å². The van der Waals surface area contributed by atoms with E-state index in [-0.39, 0.29) is 11.8 Å². The summed E-state index contributed by atoms with van der Waals surface area (Å²) >= 11 is 0. The molecule has 3 rings (SSSR count). The Morgan fingerprint density at radius 2 is 2.24 bits per heavy atom. The maximum Gasteiger partial charge on any atom is 0.227 e. The fourth-order valence-electron chi connectivity index (χ4n) is 3.33. The summed E-state index contributed by atoms with van der Waals surface area (Å²) in [5, 5.41) is 7.65. The minimum Gasteiger partial charge on any atom is -0.339 e. The molecule has 0 bridgehead atoms. The second-order valence-electron chi connectivity index (χ2n) is 6.93. The van der Waals surface area contributed by atoms with Crippen molar-refractivity contribution in [3.05, 3.63) is 18.0 Å². The van der Waals surface area contributed by atoms with Crippen molar-refractivity contribution in [2.45, 2.75) is 38.6 Å². The number of nitrogens with zero attached hydrogens (tertiary/aromatic N) is 3. The smallest absolute Gasteiger partial charge is 0.227 e. The highest BCUT2D eigenvalue weighted by Crippen LogP contribution is 2.34. The number of amides is 1. The quantitative estimate of drug-likeness (QED) is 0.891. The van der Waals surface area contributed by atoms with E-state index in [2.05, 4.69) is 29.2 Å². The number of carbonyl (C=O) groups is 1. The lowest BCUT2D eigenvalue weighted by Gasteiger charge is -2.29. The first-order valence-electron chi connectivity index (χ1n) is 8.06. The third kappa shape index (κ3) is 3.12. The fraction of sp³-hybridized carbons (Fsp3) is 0.750. The minimum absolute atomic E-state index is 0.0635. The molecule has 1 aromatic rings. The Morgan fingerprint density at radius 1 is 1.48 bits per heavy atom. The first-order valence-corrected chi connectivity index (χ1v) is 8.06. The van der Waals surface area contributed by atoms with Gasteiger partial charge in [0.2, 0.25) is 5.91 Å². The molecule has 1 N–H and O–H groups in total. The number of rotatable bonds is 5. The van der Waals surface area contributed by atoms with Gasteiger partial charge in [0.05, 0.1) is 12.1 Å². The number of hydrogen-bond acceptors (Lipinski definition) is 3. The minimum atomic E-state index is 0.0635. The van der Waals surface area contributed by atoms with Crippen molar-refractivity contribution in [3.8, 4) is 0 Å². The van der Waals surface area contributed by atoms with Crippen molar-refractivity contribution in [2.75, 3.05) is 19.6 Å². The first-order chi connectivity index (χ1) is 10.1. The summed E-state index contributed by atoms with van der Waals surface area (Å²) in [6.07, 6.45) is 6.30. The third-order valence-corrected chi connectivity index (χ3v) is 4.52. The van der Waals surface area contributed by atoms with Crippen LogP contribution in [-0.4, -0.2) is 46.3 Å². The maximum absolute atomic E-state index is 13.0. The number of carbonyl (C=O) groups excluding carboxylic acids is 1. The van der Waals surface area contributed by atoms with Gasteiger partial charge in [-0.25, -0.2) is 0 Å². The van der Waals surface area contributed by atoms with Gasteiger partial charge in [0.1, 0.15) is 0 Å². The molecule has 2 heterocycles. The Hall–Kier alpha value is -1.36. The van der Waals surface area contributed by atoms with Crippen LogP contribution >= 0.6 is 0 Å². The van der Waals surface area contributed by atoms with Crippen LogP contribution in [0.25, 0.3) is 0 Å². The molecule has 1 aromatic heterocycles. The van der Waals surface area contributed by atoms with Crippen LogP contribution in [0.2, 0.25) is 0 Å². The van der Waals surface area contributed by atoms with Crippen LogP contribution in [0.5, 0.6) is 0 Å². The molecule has 1 saturated carbocycles. The second-order valence-corrected chi connectivity index (χ2v) is 6.93. The van der Waals surface area contributed by atoms with E-state index in [1.165, 1.54) is 18.4 Å². The number of hydrogen-bond donors (Lipinski definition) is 1. The van der Waals surface area contributed by atoms with Crippen molar-refractivity contribution in [3.63, 3.8) is 0 Å². The molecule has 21 heavy (non-hydrogen) atoms. The molecule has 2 fully saturated rings. The predicted octanol–water partition coefficient (Wildman–Crippen LogP) is 1.37. The molecule has 1 saturated heterocycles. The van der Waals surface area contributed by atoms with E-state index in [4.69, 9.17) is 0 Å². The molecule has 0 aromatic carbocycles. The van der Waals surface area contributed by atoms with E-state index in [1.54, 1.807) is 0 Å². The summed E-state index contributed by atoms with van der Waals surface area (Å²) in [6.45, 7) is 6.93. The van der Waals surface area contributed by atoms with Gasteiger partial charge in [-0.3, -0.25) is 9.48 Å². The van der Waals surface area contributed by atoms with Crippen molar-refractivity contribution in [1.82, 2.24) is 20.0 Å². The lowest BCUT2D eigenvalue weighted by Crippen LogP contribution is -2.42. The molecule has 5 heteroatoms. The van der Waals surface area contributed by atoms with Crippen molar-refractivity contribution in [1.29, 1.82) is 0 Å². The molecule has 0 unspecified atom stereocenters. The largest absolute Gasteiger partial charge is 0.339 e. The third-order valence-electron chi connectivity index (χ3n) is 4.52. The normalized spacial score (nSPS) is 25.5. The highest BCUT2D eigenvalue weighted by Gasteiger charge is 2.41. The van der Waals surface area contributed by atoms with Crippen LogP contribution in [0.1, 0.15) is 38.2 Å². The summed E-state index contributed by atoms with van der Waals surface area (Å²) in [4.78, 5) is 15.2. The Labute approximate surface area is 126 Å². The summed E-state index contributed by atoms with van der Waals surface area (Å²) in [6, 6.07) is 0.495. The standard InChI is InChI=1S/C16H26N4O/c1-11(2)9-20(13-4-5-13)16(21)15-8-17-7-14(15)12-6-18-19(3)10-12/h6,10-11,13-15,17H,4-5,7-9H2,1-3H3/t14-,15+/m1/s1. The lowest BCUT2D eigenvalue weighted by molar-refractivity contribution is -0.136. The zero-order valence-electron chi connectivity index (χ0n) is 13.2. The SMILES string of the molecule is CC(C)CN(C(=O)[C@H]1CNC[C@@H]1c1cnn(C)c1)C1CC1. The Bertz CT molecular complexity index is 506. The van der Waals surface area contributed by atoms with Crippen LogP contribution in [0.4, 0.5) is 0 Å². The topological polar surface area (TPSA) is 50.2 Å². The zero-order chi connectivity index (χ0) is 15.0. The van der Waals surface area contributed by atoms with E-state index in [9.17, 15) is 4.79 Å². The Morgan fingerprint density at radius 3 is 2.81 bits per heavy atom. The lowest BCUT2D eigenvalue weighted by atomic mass is 9.89. The van der Waals surface area contributed by atoms with Gasteiger partial charge in [-0.05, 0) is 24.3 Å². The van der Waals surface area contributed by atoms with E-state index in [0.29, 0.717) is 17.9 Å². The molecular formula is C16H26N4O. The molecule has 1 aliphatic heterocycles. The Balaban J connectivity index is 1.75. The highest BCUT2D eigenvalue weighted by molar-refractivity contribution is 5.81. The van der Waals surface area contributed by atoms with Gasteiger partial charge in [0.25, 0.3) is 0 Å². The van der Waals surface area contributed by atoms with Crippen molar-refractivity contribution < 1.29 is 4.79 Å². The molecule has 5 nitrogen and oxygen atoms in total. The average molecular weight is 290 g/mol. The monoisotopic (exact) mass is 290 g/mol. The van der Waals surface area contributed by atoms with E-state index < -0.39 is 0 Å². The van der Waals surface area contributed by atoms with Crippen LogP contribution in [0, 0.1) is 11.8 Å². The zero-order valence-corrected chi connectivity index (χ0v) is 13.2. The van der Waals surface area contributed by atoms with E-state index in [0.717, 1.165) is 19.6 Å². The van der Waals surface area contributed by atoms with Crippen LogP contribution in [0.3, 0.4) is 0 Å². The average Bonchev–Trinajstić information content (AvgIpc) is 2.99. The second kappa shape index (κ2) is 5.79. The molecule has 116 valence electrons. The van der Waals surface area contributed by atoms with Crippen molar-refractivity contribution >= 4 is 5.91 Å². The number of aryl methyl sites for hydroxylation is 1. The first kappa shape index (κ1) is 14.6. The Kier molecular flexibility index (Phi) is 4.02. The number of nitrogens with one attached hydrogen (secondary N) is 1. The highest BCUT2D eigenvalue weighted by atomic mass is 16.2. The predicted molar refractivity (Wildman–Crippen MR) is 81.9 cm³/mol. The van der Waals surface area contributed by atoms with E-state index in [1.807, 2.05) is 24.1 Å². The molecule has 2 aliphatic rings. The van der Waals surface area contributed by atoms with E-state index >= 15 is 0 Å². The van der Waals surface area contributed by atoms with Gasteiger partial charge in [0.15, 0.2) is 0 Å². The summed E-state index contributed by atoms with van der Waals surface area (Å²) in [5.74, 6) is 1.19. The van der Waals surface area contributed by atoms with Gasteiger partial charge in [-0.15, -0.1) is 0 Å². The van der Waals surface area contributed by atoms with Gasteiger partial charge >= 0.3 is 0 Å². The van der Waals surface area contributed by atoms with Gasteiger partial charge in [-0.2, -0.15) is 5.10 Å². The molecular weight excluding hydrogens is 264 g/mol. The van der Waals surface area contributed by atoms with Gasteiger partial charge in [0, 0.05) is 44.8 Å². The summed E-state index contributed by atoms with van der Waals surface area (Å²) in [7, 11) is 1.93. The number of aromatic nitrogens is 2. The molecule has 2 atom stereocenters. The van der Waals surface area contributed by atoms with Gasteiger partial charge < -0.3 is 10.2 Å². The van der Waals surface area contributed by atoms with Crippen LogP contribution in [0.15, 0.2) is 12.4 Å². The molecule has 1 amide bonds.